The van der Waals surface area contributed by atoms with Gasteiger partial charge in [0.15, 0.2) is 6.17 Å². The first-order chi connectivity index (χ1) is 7.88. The summed E-state index contributed by atoms with van der Waals surface area (Å²) in [4.78, 5) is 17.4. The van der Waals surface area contributed by atoms with Gasteiger partial charge in [-0.3, -0.25) is 0 Å². The molecule has 1 atom stereocenters. The highest BCUT2D eigenvalue weighted by Gasteiger charge is 2.35. The number of carbonyl (C=O) groups excluding carboxylic acids is 1. The van der Waals surface area contributed by atoms with Crippen LogP contribution in [0.4, 0.5) is 4.79 Å². The SMILES string of the molecule is CC(C)(C)OC(=O)N1C=NC2=C(Cl)C=CNC21. The molecule has 0 radical (unpaired) electrons. The van der Waals surface area contributed by atoms with Gasteiger partial charge in [0.2, 0.25) is 0 Å². The lowest BCUT2D eigenvalue weighted by Crippen LogP contribution is -2.46. The van der Waals surface area contributed by atoms with E-state index in [4.69, 9.17) is 16.3 Å². The van der Waals surface area contributed by atoms with Crippen LogP contribution in [0.1, 0.15) is 20.8 Å². The maximum Gasteiger partial charge on any atom is 0.417 e. The van der Waals surface area contributed by atoms with Crippen molar-refractivity contribution in [3.05, 3.63) is 23.0 Å². The number of aliphatic imine (C=N–C) groups is 1. The number of hydrogen-bond donors (Lipinski definition) is 1. The van der Waals surface area contributed by atoms with Gasteiger partial charge in [0, 0.05) is 0 Å². The van der Waals surface area contributed by atoms with Crippen LogP contribution in [-0.4, -0.2) is 29.1 Å². The van der Waals surface area contributed by atoms with Crippen molar-refractivity contribution in [3.8, 4) is 0 Å². The summed E-state index contributed by atoms with van der Waals surface area (Å²) in [6.45, 7) is 5.45. The molecule has 0 bridgehead atoms. The van der Waals surface area contributed by atoms with Crippen LogP contribution in [-0.2, 0) is 4.74 Å². The summed E-state index contributed by atoms with van der Waals surface area (Å²) in [5, 5.41) is 3.53. The Hall–Kier alpha value is -1.49. The number of hydrogen-bond acceptors (Lipinski definition) is 4. The third-order valence-corrected chi connectivity index (χ3v) is 2.51. The molecule has 5 nitrogen and oxygen atoms in total. The number of amides is 1. The van der Waals surface area contributed by atoms with Gasteiger partial charge in [0.25, 0.3) is 0 Å². The van der Waals surface area contributed by atoms with E-state index in [0.29, 0.717) is 10.7 Å². The molecule has 2 heterocycles. The normalized spacial score (nSPS) is 22.6. The highest BCUT2D eigenvalue weighted by atomic mass is 35.5. The molecule has 92 valence electrons. The maximum atomic E-state index is 11.9. The number of dihydropyridines is 1. The number of nitrogens with zero attached hydrogens (tertiary/aromatic N) is 2. The molecular formula is C11H14ClN3O2. The van der Waals surface area contributed by atoms with Gasteiger partial charge in [-0.1, -0.05) is 11.6 Å². The quantitative estimate of drug-likeness (QED) is 0.722. The second-order valence-corrected chi connectivity index (χ2v) is 5.18. The fraction of sp³-hybridized carbons (Fsp3) is 0.455. The van der Waals surface area contributed by atoms with Gasteiger partial charge < -0.3 is 10.1 Å². The highest BCUT2D eigenvalue weighted by Crippen LogP contribution is 2.26. The van der Waals surface area contributed by atoms with Crippen LogP contribution in [0, 0.1) is 0 Å². The second kappa shape index (κ2) is 4.07. The smallest absolute Gasteiger partial charge is 0.417 e. The van der Waals surface area contributed by atoms with Crippen LogP contribution in [0.5, 0.6) is 0 Å². The number of allylic oxidation sites excluding steroid dienone is 2. The number of rotatable bonds is 0. The second-order valence-electron chi connectivity index (χ2n) is 4.77. The predicted octanol–water partition coefficient (Wildman–Crippen LogP) is 2.16. The van der Waals surface area contributed by atoms with Crippen molar-refractivity contribution in [2.24, 2.45) is 4.99 Å². The lowest BCUT2D eigenvalue weighted by molar-refractivity contribution is 0.0339. The molecule has 17 heavy (non-hydrogen) atoms. The average Bonchev–Trinajstić information content (AvgIpc) is 2.60. The monoisotopic (exact) mass is 255 g/mol. The summed E-state index contributed by atoms with van der Waals surface area (Å²) in [7, 11) is 0. The van der Waals surface area contributed by atoms with E-state index in [2.05, 4.69) is 10.3 Å². The van der Waals surface area contributed by atoms with Gasteiger partial charge >= 0.3 is 6.09 Å². The minimum absolute atomic E-state index is 0.373. The fourth-order valence-electron chi connectivity index (χ4n) is 1.51. The van der Waals surface area contributed by atoms with Gasteiger partial charge in [-0.25, -0.2) is 14.7 Å². The van der Waals surface area contributed by atoms with Crippen LogP contribution >= 0.6 is 11.6 Å². The van der Waals surface area contributed by atoms with Crippen molar-refractivity contribution in [1.82, 2.24) is 10.2 Å². The Labute approximate surface area is 105 Å². The zero-order chi connectivity index (χ0) is 12.6. The van der Waals surface area contributed by atoms with Crippen LogP contribution in [0.3, 0.4) is 0 Å². The number of halogens is 1. The van der Waals surface area contributed by atoms with Gasteiger partial charge in [0.05, 0.1) is 5.03 Å². The minimum atomic E-state index is -0.536. The van der Waals surface area contributed by atoms with E-state index in [1.54, 1.807) is 12.3 Å². The summed E-state index contributed by atoms with van der Waals surface area (Å²) in [5.41, 5.74) is 0.0890. The lowest BCUT2D eigenvalue weighted by Gasteiger charge is -2.28. The first-order valence-electron chi connectivity index (χ1n) is 5.26. The standard InChI is InChI=1S/C11H14ClN3O2/c1-11(2,3)17-10(16)15-6-14-8-7(12)4-5-13-9(8)15/h4-6,9,13H,1-3H3. The molecule has 0 fully saturated rings. The van der Waals surface area contributed by atoms with Gasteiger partial charge in [-0.2, -0.15) is 0 Å². The fourth-order valence-corrected chi connectivity index (χ4v) is 1.73. The summed E-state index contributed by atoms with van der Waals surface area (Å²) >= 11 is 5.98. The number of nitrogens with one attached hydrogen (secondary N) is 1. The van der Waals surface area contributed by atoms with Gasteiger partial charge in [-0.15, -0.1) is 0 Å². The highest BCUT2D eigenvalue weighted by molar-refractivity contribution is 6.31. The minimum Gasteiger partial charge on any atom is -0.443 e. The Bertz CT molecular complexity index is 434. The van der Waals surface area contributed by atoms with Crippen molar-refractivity contribution in [3.63, 3.8) is 0 Å². The van der Waals surface area contributed by atoms with Crippen molar-refractivity contribution >= 4 is 24.0 Å². The summed E-state index contributed by atoms with van der Waals surface area (Å²) in [6, 6.07) is 0. The van der Waals surface area contributed by atoms with E-state index in [0.717, 1.165) is 0 Å². The Balaban J connectivity index is 2.14. The van der Waals surface area contributed by atoms with Crippen molar-refractivity contribution in [1.29, 1.82) is 0 Å². The molecule has 0 saturated heterocycles. The summed E-state index contributed by atoms with van der Waals surface area (Å²) < 4.78 is 5.27. The Morgan fingerprint density at radius 1 is 1.59 bits per heavy atom. The molecule has 2 rings (SSSR count). The van der Waals surface area contributed by atoms with E-state index in [9.17, 15) is 4.79 Å². The average molecular weight is 256 g/mol. The van der Waals surface area contributed by atoms with Crippen LogP contribution < -0.4 is 5.32 Å². The first-order valence-corrected chi connectivity index (χ1v) is 5.64. The molecule has 0 saturated carbocycles. The predicted molar refractivity (Wildman–Crippen MR) is 65.5 cm³/mol. The van der Waals surface area contributed by atoms with Gasteiger partial charge in [-0.05, 0) is 33.0 Å². The number of carbonyl (C=O) groups is 1. The summed E-state index contributed by atoms with van der Waals surface area (Å²) in [5.74, 6) is 0. The first kappa shape index (κ1) is 12.0. The molecule has 0 aromatic heterocycles. The third-order valence-electron chi connectivity index (χ3n) is 2.19. The lowest BCUT2D eigenvalue weighted by atomic mass is 10.2. The molecule has 6 heteroatoms. The Morgan fingerprint density at radius 3 is 2.94 bits per heavy atom. The molecule has 0 aromatic rings. The number of ether oxygens (including phenoxy) is 1. The Morgan fingerprint density at radius 2 is 2.29 bits per heavy atom. The molecule has 2 aliphatic heterocycles. The van der Waals surface area contributed by atoms with Crippen LogP contribution in [0.2, 0.25) is 0 Å². The molecule has 0 aliphatic carbocycles. The van der Waals surface area contributed by atoms with E-state index in [1.807, 2.05) is 20.8 Å². The summed E-state index contributed by atoms with van der Waals surface area (Å²) in [6.07, 6.45) is 3.98. The third kappa shape index (κ3) is 2.44. The molecule has 1 amide bonds. The van der Waals surface area contributed by atoms with Crippen LogP contribution in [0.15, 0.2) is 28.0 Å². The van der Waals surface area contributed by atoms with E-state index in [1.165, 1.54) is 11.2 Å². The van der Waals surface area contributed by atoms with Crippen molar-refractivity contribution in [2.45, 2.75) is 32.5 Å². The maximum absolute atomic E-state index is 11.9. The van der Waals surface area contributed by atoms with E-state index in [-0.39, 0.29) is 6.17 Å². The molecule has 1 unspecified atom stereocenters. The largest absolute Gasteiger partial charge is 0.443 e. The molecule has 0 aromatic carbocycles. The zero-order valence-electron chi connectivity index (χ0n) is 9.90. The molecule has 2 aliphatic rings. The van der Waals surface area contributed by atoms with Crippen molar-refractivity contribution in [2.75, 3.05) is 0 Å². The van der Waals surface area contributed by atoms with Gasteiger partial charge in [0.1, 0.15) is 17.6 Å². The number of fused-ring (bicyclic) bond motifs is 1. The molecular weight excluding hydrogens is 242 g/mol. The molecule has 0 spiro atoms. The molecule has 1 N–H and O–H groups in total. The topological polar surface area (TPSA) is 53.9 Å². The zero-order valence-corrected chi connectivity index (χ0v) is 10.7. The van der Waals surface area contributed by atoms with Crippen LogP contribution in [0.25, 0.3) is 0 Å². The van der Waals surface area contributed by atoms with E-state index >= 15 is 0 Å². The van der Waals surface area contributed by atoms with Crippen molar-refractivity contribution < 1.29 is 9.53 Å². The Kier molecular flexibility index (Phi) is 2.87. The van der Waals surface area contributed by atoms with E-state index < -0.39 is 11.7 Å².